The van der Waals surface area contributed by atoms with E-state index in [4.69, 9.17) is 22.6 Å². The summed E-state index contributed by atoms with van der Waals surface area (Å²) in [6, 6.07) is 6.62. The lowest BCUT2D eigenvalue weighted by atomic mass is 10.2. The number of anilines is 1. The van der Waals surface area contributed by atoms with Gasteiger partial charge in [0.25, 0.3) is 5.91 Å². The molecule has 3 N–H and O–H groups in total. The van der Waals surface area contributed by atoms with Crippen LogP contribution in [0.5, 0.6) is 0 Å². The minimum atomic E-state index is -0.368. The quantitative estimate of drug-likeness (QED) is 0.894. The Morgan fingerprint density at radius 1 is 1.55 bits per heavy atom. The standard InChI is InChI=1S/C13H12ClN5O/c14-10-5-9(6-16)1-2-11(10)18-13(20)12-7-19(4-3-15)8-17-12/h1-2,5,7-8H,3-4,15H2,(H,18,20). The second-order valence-electron chi connectivity index (χ2n) is 4.05. The van der Waals surface area contributed by atoms with Gasteiger partial charge in [0.05, 0.1) is 28.7 Å². The molecule has 0 aliphatic rings. The van der Waals surface area contributed by atoms with E-state index in [1.165, 1.54) is 6.07 Å². The maximum Gasteiger partial charge on any atom is 0.275 e. The van der Waals surface area contributed by atoms with Gasteiger partial charge in [0.1, 0.15) is 5.69 Å². The van der Waals surface area contributed by atoms with Gasteiger partial charge < -0.3 is 15.6 Å². The molecule has 102 valence electrons. The molecule has 1 aromatic heterocycles. The molecule has 0 aliphatic heterocycles. The fourth-order valence-corrected chi connectivity index (χ4v) is 1.85. The zero-order chi connectivity index (χ0) is 14.5. The lowest BCUT2D eigenvalue weighted by Gasteiger charge is -2.05. The summed E-state index contributed by atoms with van der Waals surface area (Å²) in [7, 11) is 0. The summed E-state index contributed by atoms with van der Waals surface area (Å²) in [5, 5.41) is 11.7. The van der Waals surface area contributed by atoms with Crippen molar-refractivity contribution >= 4 is 23.2 Å². The Hall–Kier alpha value is -2.36. The fraction of sp³-hybridized carbons (Fsp3) is 0.154. The maximum absolute atomic E-state index is 12.0. The second kappa shape index (κ2) is 6.19. The molecule has 0 radical (unpaired) electrons. The first-order chi connectivity index (χ1) is 9.63. The van der Waals surface area contributed by atoms with Gasteiger partial charge in [0.2, 0.25) is 0 Å². The molecule has 1 heterocycles. The van der Waals surface area contributed by atoms with Crippen molar-refractivity contribution in [3.8, 4) is 6.07 Å². The fourth-order valence-electron chi connectivity index (χ4n) is 1.62. The monoisotopic (exact) mass is 289 g/mol. The van der Waals surface area contributed by atoms with E-state index in [1.807, 2.05) is 6.07 Å². The highest BCUT2D eigenvalue weighted by Gasteiger charge is 2.11. The minimum Gasteiger partial charge on any atom is -0.335 e. The highest BCUT2D eigenvalue weighted by molar-refractivity contribution is 6.34. The van der Waals surface area contributed by atoms with Crippen LogP contribution in [-0.2, 0) is 6.54 Å². The Morgan fingerprint density at radius 2 is 2.35 bits per heavy atom. The van der Waals surface area contributed by atoms with Crippen molar-refractivity contribution in [2.45, 2.75) is 6.54 Å². The van der Waals surface area contributed by atoms with Gasteiger partial charge in [-0.05, 0) is 18.2 Å². The molecule has 0 bridgehead atoms. The molecule has 0 aliphatic carbocycles. The molecule has 0 fully saturated rings. The van der Waals surface area contributed by atoms with Crippen LogP contribution in [-0.4, -0.2) is 22.0 Å². The van der Waals surface area contributed by atoms with Crippen LogP contribution in [0.2, 0.25) is 5.02 Å². The van der Waals surface area contributed by atoms with Crippen LogP contribution in [0.15, 0.2) is 30.7 Å². The molecule has 0 saturated carbocycles. The van der Waals surface area contributed by atoms with Crippen LogP contribution < -0.4 is 11.1 Å². The largest absolute Gasteiger partial charge is 0.335 e. The molecule has 1 aromatic carbocycles. The average molecular weight is 290 g/mol. The normalized spacial score (nSPS) is 10.1. The van der Waals surface area contributed by atoms with Crippen LogP contribution in [0.4, 0.5) is 5.69 Å². The summed E-state index contributed by atoms with van der Waals surface area (Å²) in [6.45, 7) is 1.07. The number of hydrogen-bond acceptors (Lipinski definition) is 4. The van der Waals surface area contributed by atoms with Crippen LogP contribution in [0.25, 0.3) is 0 Å². The number of carbonyl (C=O) groups is 1. The van der Waals surface area contributed by atoms with E-state index in [2.05, 4.69) is 10.3 Å². The number of aromatic nitrogens is 2. The number of nitriles is 1. The lowest BCUT2D eigenvalue weighted by Crippen LogP contribution is -2.13. The van der Waals surface area contributed by atoms with Gasteiger partial charge in [0.15, 0.2) is 0 Å². The zero-order valence-electron chi connectivity index (χ0n) is 10.5. The zero-order valence-corrected chi connectivity index (χ0v) is 11.3. The highest BCUT2D eigenvalue weighted by Crippen LogP contribution is 2.23. The Morgan fingerprint density at radius 3 is 3.00 bits per heavy atom. The summed E-state index contributed by atoms with van der Waals surface area (Å²) < 4.78 is 1.73. The van der Waals surface area contributed by atoms with Crippen LogP contribution in [0.3, 0.4) is 0 Å². The smallest absolute Gasteiger partial charge is 0.275 e. The third-order valence-corrected chi connectivity index (χ3v) is 2.91. The van der Waals surface area contributed by atoms with E-state index in [9.17, 15) is 4.79 Å². The minimum absolute atomic E-state index is 0.277. The third kappa shape index (κ3) is 3.15. The molecule has 7 heteroatoms. The summed E-state index contributed by atoms with van der Waals surface area (Å²) in [5.74, 6) is -0.368. The van der Waals surface area contributed by atoms with E-state index in [0.29, 0.717) is 29.4 Å². The van der Waals surface area contributed by atoms with Crippen LogP contribution in [0.1, 0.15) is 16.1 Å². The van der Waals surface area contributed by atoms with Gasteiger partial charge in [-0.2, -0.15) is 5.26 Å². The first-order valence-electron chi connectivity index (χ1n) is 5.87. The number of amides is 1. The Balaban J connectivity index is 2.13. The van der Waals surface area contributed by atoms with E-state index in [-0.39, 0.29) is 11.6 Å². The molecular weight excluding hydrogens is 278 g/mol. The second-order valence-corrected chi connectivity index (χ2v) is 4.45. The van der Waals surface area contributed by atoms with E-state index >= 15 is 0 Å². The highest BCUT2D eigenvalue weighted by atomic mass is 35.5. The van der Waals surface area contributed by atoms with Gasteiger partial charge in [-0.3, -0.25) is 4.79 Å². The Kier molecular flexibility index (Phi) is 4.35. The number of nitrogens with zero attached hydrogens (tertiary/aromatic N) is 3. The predicted molar refractivity (Wildman–Crippen MR) is 75.4 cm³/mol. The molecule has 0 saturated heterocycles. The summed E-state index contributed by atoms with van der Waals surface area (Å²) >= 11 is 5.99. The molecule has 2 aromatic rings. The van der Waals surface area contributed by atoms with Gasteiger partial charge in [-0.15, -0.1) is 0 Å². The Bertz CT molecular complexity index is 674. The van der Waals surface area contributed by atoms with E-state index in [0.717, 1.165) is 0 Å². The van der Waals surface area contributed by atoms with Crippen molar-refractivity contribution in [3.05, 3.63) is 47.0 Å². The topological polar surface area (TPSA) is 96.7 Å². The van der Waals surface area contributed by atoms with E-state index < -0.39 is 0 Å². The maximum atomic E-state index is 12.0. The van der Waals surface area contributed by atoms with E-state index in [1.54, 1.807) is 29.2 Å². The van der Waals surface area contributed by atoms with Gasteiger partial charge in [-0.1, -0.05) is 11.6 Å². The van der Waals surface area contributed by atoms with Gasteiger partial charge in [-0.25, -0.2) is 4.98 Å². The molecule has 0 unspecified atom stereocenters. The number of halogens is 1. The molecule has 1 amide bonds. The SMILES string of the molecule is N#Cc1ccc(NC(=O)c2cn(CCN)cn2)c(Cl)c1. The van der Waals surface area contributed by atoms with Crippen molar-refractivity contribution in [3.63, 3.8) is 0 Å². The Labute approximate surface area is 120 Å². The van der Waals surface area contributed by atoms with Crippen molar-refractivity contribution in [1.82, 2.24) is 9.55 Å². The molecule has 0 spiro atoms. The van der Waals surface area contributed by atoms with Crippen molar-refractivity contribution in [2.75, 3.05) is 11.9 Å². The first-order valence-corrected chi connectivity index (χ1v) is 6.24. The predicted octanol–water partition coefficient (Wildman–Crippen LogP) is 1.62. The number of rotatable bonds is 4. The molecule has 6 nitrogen and oxygen atoms in total. The van der Waals surface area contributed by atoms with Crippen molar-refractivity contribution < 1.29 is 4.79 Å². The summed E-state index contributed by atoms with van der Waals surface area (Å²) in [5.41, 5.74) is 6.57. The van der Waals surface area contributed by atoms with Crippen molar-refractivity contribution in [1.29, 1.82) is 5.26 Å². The number of carbonyl (C=O) groups excluding carboxylic acids is 1. The summed E-state index contributed by atoms with van der Waals surface area (Å²) in [6.07, 6.45) is 3.15. The van der Waals surface area contributed by atoms with Gasteiger partial charge in [0, 0.05) is 19.3 Å². The molecule has 0 atom stereocenters. The number of nitrogens with one attached hydrogen (secondary N) is 1. The summed E-state index contributed by atoms with van der Waals surface area (Å²) in [4.78, 5) is 16.0. The lowest BCUT2D eigenvalue weighted by molar-refractivity contribution is 0.102. The number of imidazole rings is 1. The number of benzene rings is 1. The van der Waals surface area contributed by atoms with Crippen molar-refractivity contribution in [2.24, 2.45) is 5.73 Å². The molecule has 2 rings (SSSR count). The third-order valence-electron chi connectivity index (χ3n) is 2.60. The molecule has 20 heavy (non-hydrogen) atoms. The first kappa shape index (κ1) is 14.1. The van der Waals surface area contributed by atoms with Crippen LogP contribution >= 0.6 is 11.6 Å². The molecular formula is C13H12ClN5O. The average Bonchev–Trinajstić information content (AvgIpc) is 2.90. The number of hydrogen-bond donors (Lipinski definition) is 2. The number of nitrogens with two attached hydrogens (primary N) is 1. The van der Waals surface area contributed by atoms with Crippen LogP contribution in [0, 0.1) is 11.3 Å². The van der Waals surface area contributed by atoms with Gasteiger partial charge >= 0.3 is 0 Å².